The van der Waals surface area contributed by atoms with Crippen LogP contribution in [-0.4, -0.2) is 42.8 Å². The zero-order chi connectivity index (χ0) is 26.5. The van der Waals surface area contributed by atoms with Gasteiger partial charge in [-0.05, 0) is 49.7 Å². The molecule has 0 radical (unpaired) electrons. The van der Waals surface area contributed by atoms with Gasteiger partial charge >= 0.3 is 5.97 Å². The Morgan fingerprint density at radius 1 is 1.22 bits per heavy atom. The van der Waals surface area contributed by atoms with E-state index >= 15 is 0 Å². The molecule has 0 aliphatic carbocycles. The SMILES string of the molecule is CC(=O)C(CC(=O)O)NCCc1cc(Cl)ccc1Oc1cc(F)c(S(=O)(=O)Nc2cscn2)cc1Cl. The van der Waals surface area contributed by atoms with E-state index in [2.05, 4.69) is 15.0 Å². The Balaban J connectivity index is 1.79. The number of nitrogens with zero attached hydrogens (tertiary/aromatic N) is 1. The number of hydrogen-bond donors (Lipinski definition) is 3. The van der Waals surface area contributed by atoms with Crippen molar-refractivity contribution in [2.45, 2.75) is 30.7 Å². The zero-order valence-electron chi connectivity index (χ0n) is 18.6. The molecule has 0 bridgehead atoms. The lowest BCUT2D eigenvalue weighted by Crippen LogP contribution is -2.38. The first-order valence-electron chi connectivity index (χ1n) is 10.3. The fourth-order valence-electron chi connectivity index (χ4n) is 3.13. The number of carbonyl (C=O) groups is 2. The van der Waals surface area contributed by atoms with Crippen LogP contribution in [0.5, 0.6) is 11.5 Å². The maximum absolute atomic E-state index is 14.8. The lowest BCUT2D eigenvalue weighted by atomic mass is 10.1. The molecule has 0 aliphatic heterocycles. The predicted octanol–water partition coefficient (Wildman–Crippen LogP) is 4.75. The monoisotopic (exact) mass is 575 g/mol. The minimum atomic E-state index is -4.29. The number of ketones is 1. The van der Waals surface area contributed by atoms with E-state index in [4.69, 9.17) is 33.0 Å². The van der Waals surface area contributed by atoms with E-state index in [1.54, 1.807) is 6.07 Å². The third-order valence-corrected chi connectivity index (χ3v) is 7.33. The number of carbonyl (C=O) groups excluding carboxylic acids is 1. The Hall–Kier alpha value is -2.77. The van der Waals surface area contributed by atoms with E-state index in [9.17, 15) is 22.4 Å². The highest BCUT2D eigenvalue weighted by Gasteiger charge is 2.23. The number of benzene rings is 2. The van der Waals surface area contributed by atoms with Gasteiger partial charge in [0.15, 0.2) is 5.82 Å². The number of ether oxygens (including phenoxy) is 1. The second-order valence-electron chi connectivity index (χ2n) is 7.51. The molecular formula is C22H20Cl2FN3O6S2. The van der Waals surface area contributed by atoms with Gasteiger partial charge in [0, 0.05) is 16.5 Å². The zero-order valence-corrected chi connectivity index (χ0v) is 21.8. The maximum Gasteiger partial charge on any atom is 0.305 e. The van der Waals surface area contributed by atoms with Crippen molar-refractivity contribution in [1.29, 1.82) is 0 Å². The summed E-state index contributed by atoms with van der Waals surface area (Å²) >= 11 is 13.5. The molecule has 14 heteroatoms. The molecule has 0 aliphatic rings. The van der Waals surface area contributed by atoms with Gasteiger partial charge in [0.2, 0.25) is 0 Å². The van der Waals surface area contributed by atoms with Crippen molar-refractivity contribution in [1.82, 2.24) is 10.3 Å². The van der Waals surface area contributed by atoms with Crippen molar-refractivity contribution in [3.05, 3.63) is 62.6 Å². The van der Waals surface area contributed by atoms with E-state index < -0.39 is 32.7 Å². The molecule has 192 valence electrons. The third-order valence-electron chi connectivity index (χ3n) is 4.84. The smallest absolute Gasteiger partial charge is 0.305 e. The molecule has 0 saturated carbocycles. The molecule has 36 heavy (non-hydrogen) atoms. The number of hydrogen-bond acceptors (Lipinski definition) is 8. The summed E-state index contributed by atoms with van der Waals surface area (Å²) in [6, 6.07) is 5.59. The Bertz CT molecular complexity index is 1370. The topological polar surface area (TPSA) is 135 Å². The Morgan fingerprint density at radius 2 is 1.97 bits per heavy atom. The van der Waals surface area contributed by atoms with Gasteiger partial charge in [0.05, 0.1) is 23.0 Å². The second-order valence-corrected chi connectivity index (χ2v) is 10.7. The summed E-state index contributed by atoms with van der Waals surface area (Å²) in [5.41, 5.74) is 1.98. The molecule has 3 N–H and O–H groups in total. The number of anilines is 1. The summed E-state index contributed by atoms with van der Waals surface area (Å²) in [5.74, 6) is -2.35. The van der Waals surface area contributed by atoms with Crippen LogP contribution >= 0.6 is 34.5 Å². The summed E-state index contributed by atoms with van der Waals surface area (Å²) in [4.78, 5) is 25.8. The number of sulfonamides is 1. The van der Waals surface area contributed by atoms with Crippen LogP contribution in [0.2, 0.25) is 10.0 Å². The molecule has 3 aromatic rings. The summed E-state index contributed by atoms with van der Waals surface area (Å²) in [5, 5.41) is 13.5. The van der Waals surface area contributed by atoms with E-state index in [0.717, 1.165) is 12.1 Å². The van der Waals surface area contributed by atoms with E-state index in [1.807, 2.05) is 0 Å². The summed E-state index contributed by atoms with van der Waals surface area (Å²) in [6.07, 6.45) is -0.0842. The maximum atomic E-state index is 14.8. The second kappa shape index (κ2) is 12.0. The van der Waals surface area contributed by atoms with Gasteiger partial charge in [0.1, 0.15) is 28.0 Å². The predicted molar refractivity (Wildman–Crippen MR) is 134 cm³/mol. The first-order chi connectivity index (χ1) is 17.0. The van der Waals surface area contributed by atoms with E-state index in [0.29, 0.717) is 10.6 Å². The number of rotatable bonds is 12. The lowest BCUT2D eigenvalue weighted by Gasteiger charge is -2.16. The van der Waals surface area contributed by atoms with Crippen LogP contribution in [0.3, 0.4) is 0 Å². The Kier molecular flexibility index (Phi) is 9.25. The van der Waals surface area contributed by atoms with Gasteiger partial charge in [0.25, 0.3) is 10.0 Å². The van der Waals surface area contributed by atoms with Crippen LogP contribution < -0.4 is 14.8 Å². The van der Waals surface area contributed by atoms with Crippen LogP contribution in [0.25, 0.3) is 0 Å². The highest BCUT2D eigenvalue weighted by molar-refractivity contribution is 7.92. The average molecular weight is 576 g/mol. The Labute approximate surface area is 220 Å². The van der Waals surface area contributed by atoms with Gasteiger partial charge in [-0.1, -0.05) is 23.2 Å². The van der Waals surface area contributed by atoms with Crippen LogP contribution in [0.1, 0.15) is 18.9 Å². The molecular weight excluding hydrogens is 556 g/mol. The molecule has 9 nitrogen and oxygen atoms in total. The summed E-state index contributed by atoms with van der Waals surface area (Å²) < 4.78 is 47.9. The highest BCUT2D eigenvalue weighted by Crippen LogP contribution is 2.36. The van der Waals surface area contributed by atoms with Crippen LogP contribution in [0.15, 0.2) is 46.1 Å². The van der Waals surface area contributed by atoms with Crippen LogP contribution in [0.4, 0.5) is 10.2 Å². The van der Waals surface area contributed by atoms with Crippen molar-refractivity contribution in [3.8, 4) is 11.5 Å². The molecule has 3 rings (SSSR count). The number of nitrogens with one attached hydrogen (secondary N) is 2. The first-order valence-corrected chi connectivity index (χ1v) is 13.5. The molecule has 0 spiro atoms. The molecule has 1 atom stereocenters. The molecule has 1 heterocycles. The van der Waals surface area contributed by atoms with Crippen LogP contribution in [0, 0.1) is 5.82 Å². The van der Waals surface area contributed by atoms with E-state index in [-0.39, 0.29) is 47.5 Å². The number of Topliss-reactive ketones (excluding diaryl/α,β-unsaturated/α-hetero) is 1. The number of aromatic nitrogens is 1. The minimum Gasteiger partial charge on any atom is -0.481 e. The van der Waals surface area contributed by atoms with Gasteiger partial charge in [-0.15, -0.1) is 11.3 Å². The molecule has 1 aromatic heterocycles. The van der Waals surface area contributed by atoms with Crippen LogP contribution in [-0.2, 0) is 26.0 Å². The fourth-order valence-corrected chi connectivity index (χ4v) is 5.23. The van der Waals surface area contributed by atoms with Crippen molar-refractivity contribution >= 4 is 62.1 Å². The first kappa shape index (κ1) is 27.8. The number of carboxylic acid groups (broad SMARTS) is 1. The number of halogens is 3. The van der Waals surface area contributed by atoms with Crippen molar-refractivity contribution in [3.63, 3.8) is 0 Å². The number of thiazole rings is 1. The summed E-state index contributed by atoms with van der Waals surface area (Å²) in [7, 11) is -4.29. The van der Waals surface area contributed by atoms with Gasteiger partial charge in [-0.2, -0.15) is 0 Å². The normalized spacial score (nSPS) is 12.2. The van der Waals surface area contributed by atoms with Crippen molar-refractivity contribution in [2.75, 3.05) is 11.3 Å². The molecule has 0 saturated heterocycles. The largest absolute Gasteiger partial charge is 0.481 e. The molecule has 0 amide bonds. The van der Waals surface area contributed by atoms with Gasteiger partial charge in [-0.3, -0.25) is 14.3 Å². The van der Waals surface area contributed by atoms with Crippen molar-refractivity contribution in [2.24, 2.45) is 0 Å². The lowest BCUT2D eigenvalue weighted by molar-refractivity contribution is -0.139. The van der Waals surface area contributed by atoms with Gasteiger partial charge in [-0.25, -0.2) is 17.8 Å². The number of carboxylic acids is 1. The fraction of sp³-hybridized carbons (Fsp3) is 0.227. The van der Waals surface area contributed by atoms with Crippen molar-refractivity contribution < 1.29 is 32.2 Å². The standard InChI is InChI=1S/C22H20Cl2FN3O6S2/c1-12(29)17(9-22(30)31)26-5-4-13-6-14(23)2-3-18(13)34-19-8-16(25)20(7-15(19)24)36(32,33)28-21-10-35-11-27-21/h2-3,6-8,10-11,17,26,28H,4-5,9H2,1H3,(H,30,31). The average Bonchev–Trinajstić information content (AvgIpc) is 3.28. The number of aliphatic carboxylic acids is 1. The molecule has 2 aromatic carbocycles. The Morgan fingerprint density at radius 3 is 2.61 bits per heavy atom. The highest BCUT2D eigenvalue weighted by atomic mass is 35.5. The minimum absolute atomic E-state index is 0.0469. The molecule has 0 fully saturated rings. The molecule has 1 unspecified atom stereocenters. The summed E-state index contributed by atoms with van der Waals surface area (Å²) in [6.45, 7) is 1.51. The quantitative estimate of drug-likeness (QED) is 0.281. The third kappa shape index (κ3) is 7.37. The van der Waals surface area contributed by atoms with E-state index in [1.165, 1.54) is 41.3 Å². The van der Waals surface area contributed by atoms with Gasteiger partial charge < -0.3 is 15.2 Å².